The number of rotatable bonds is 6. The molecule has 0 unspecified atom stereocenters. The van der Waals surface area contributed by atoms with Gasteiger partial charge >= 0.3 is 17.9 Å². The fourth-order valence-corrected chi connectivity index (χ4v) is 2.78. The van der Waals surface area contributed by atoms with E-state index in [9.17, 15) is 19.2 Å². The van der Waals surface area contributed by atoms with Crippen LogP contribution in [0.3, 0.4) is 0 Å². The number of hydrogen-bond donors (Lipinski definition) is 0. The molecule has 0 aliphatic rings. The van der Waals surface area contributed by atoms with Crippen molar-refractivity contribution in [3.63, 3.8) is 0 Å². The van der Waals surface area contributed by atoms with Crippen molar-refractivity contribution >= 4 is 23.7 Å². The SMILES string of the molecule is CC(=O)Oc1ccc(C(=O)Oc2ccc(OC(=O)c3ccc(C)cc3)cc2C(C)=O)cc1. The molecule has 0 amide bonds. The lowest BCUT2D eigenvalue weighted by Gasteiger charge is -2.11. The van der Waals surface area contributed by atoms with Gasteiger partial charge in [-0.05, 0) is 68.4 Å². The van der Waals surface area contributed by atoms with Gasteiger partial charge in [0, 0.05) is 6.92 Å². The molecular weight excluding hydrogens is 412 g/mol. The van der Waals surface area contributed by atoms with Crippen LogP contribution < -0.4 is 14.2 Å². The predicted octanol–water partition coefficient (Wildman–Crippen LogP) is 4.56. The first-order valence-corrected chi connectivity index (χ1v) is 9.67. The molecule has 0 bridgehead atoms. The van der Waals surface area contributed by atoms with E-state index in [4.69, 9.17) is 14.2 Å². The molecule has 3 aromatic carbocycles. The molecule has 3 aromatic rings. The minimum absolute atomic E-state index is 0.0293. The second-order valence-electron chi connectivity index (χ2n) is 6.98. The summed E-state index contributed by atoms with van der Waals surface area (Å²) in [6.07, 6.45) is 0. The lowest BCUT2D eigenvalue weighted by Crippen LogP contribution is -2.12. The second-order valence-corrected chi connectivity index (χ2v) is 6.98. The van der Waals surface area contributed by atoms with Crippen molar-refractivity contribution in [3.05, 3.63) is 89.0 Å². The molecule has 0 aliphatic carbocycles. The van der Waals surface area contributed by atoms with Gasteiger partial charge in [-0.1, -0.05) is 17.7 Å². The van der Waals surface area contributed by atoms with E-state index in [0.717, 1.165) is 5.56 Å². The van der Waals surface area contributed by atoms with E-state index in [1.165, 1.54) is 56.3 Å². The van der Waals surface area contributed by atoms with Gasteiger partial charge in [0.15, 0.2) is 5.78 Å². The number of ether oxygens (including phenoxy) is 3. The molecule has 7 nitrogen and oxygen atoms in total. The highest BCUT2D eigenvalue weighted by Gasteiger charge is 2.17. The van der Waals surface area contributed by atoms with Gasteiger partial charge in [0.05, 0.1) is 16.7 Å². The van der Waals surface area contributed by atoms with Crippen LogP contribution in [0.2, 0.25) is 0 Å². The smallest absolute Gasteiger partial charge is 0.343 e. The summed E-state index contributed by atoms with van der Waals surface area (Å²) >= 11 is 0. The van der Waals surface area contributed by atoms with E-state index in [0.29, 0.717) is 11.3 Å². The minimum Gasteiger partial charge on any atom is -0.427 e. The summed E-state index contributed by atoms with van der Waals surface area (Å²) in [5, 5.41) is 0. The Balaban J connectivity index is 1.76. The van der Waals surface area contributed by atoms with Crippen molar-refractivity contribution < 1.29 is 33.4 Å². The van der Waals surface area contributed by atoms with Crippen LogP contribution in [0.5, 0.6) is 17.2 Å². The molecule has 0 saturated carbocycles. The van der Waals surface area contributed by atoms with Crippen molar-refractivity contribution in [1.29, 1.82) is 0 Å². The van der Waals surface area contributed by atoms with E-state index < -0.39 is 17.9 Å². The largest absolute Gasteiger partial charge is 0.427 e. The number of aryl methyl sites for hydroxylation is 1. The molecule has 0 fully saturated rings. The Morgan fingerprint density at radius 3 is 1.72 bits per heavy atom. The first kappa shape index (κ1) is 22.4. The van der Waals surface area contributed by atoms with Gasteiger partial charge in [-0.2, -0.15) is 0 Å². The number of carbonyl (C=O) groups is 4. The van der Waals surface area contributed by atoms with E-state index in [-0.39, 0.29) is 28.4 Å². The third-order valence-corrected chi connectivity index (χ3v) is 4.38. The van der Waals surface area contributed by atoms with Gasteiger partial charge < -0.3 is 14.2 Å². The maximum Gasteiger partial charge on any atom is 0.343 e. The first-order valence-electron chi connectivity index (χ1n) is 9.67. The standard InChI is InChI=1S/C25H20O7/c1-15-4-6-18(7-5-15)24(28)31-21-12-13-23(22(14-21)16(2)26)32-25(29)19-8-10-20(11-9-19)30-17(3)27/h4-14H,1-3H3. The molecule has 0 atom stereocenters. The second kappa shape index (κ2) is 9.70. The average molecular weight is 432 g/mol. The summed E-state index contributed by atoms with van der Waals surface area (Å²) in [6.45, 7) is 4.49. The van der Waals surface area contributed by atoms with Gasteiger partial charge in [-0.3, -0.25) is 9.59 Å². The lowest BCUT2D eigenvalue weighted by atomic mass is 10.1. The van der Waals surface area contributed by atoms with Crippen molar-refractivity contribution in [1.82, 2.24) is 0 Å². The number of ketones is 1. The topological polar surface area (TPSA) is 96.0 Å². The molecule has 7 heteroatoms. The zero-order valence-corrected chi connectivity index (χ0v) is 17.7. The van der Waals surface area contributed by atoms with Crippen LogP contribution in [0.25, 0.3) is 0 Å². The van der Waals surface area contributed by atoms with Crippen LogP contribution in [0.15, 0.2) is 66.7 Å². The quantitative estimate of drug-likeness (QED) is 0.320. The summed E-state index contributed by atoms with van der Waals surface area (Å²) < 4.78 is 15.6. The molecular formula is C25H20O7. The highest BCUT2D eigenvalue weighted by atomic mass is 16.5. The average Bonchev–Trinajstić information content (AvgIpc) is 2.75. The maximum atomic E-state index is 12.5. The fraction of sp³-hybridized carbons (Fsp3) is 0.120. The van der Waals surface area contributed by atoms with Crippen molar-refractivity contribution in [2.24, 2.45) is 0 Å². The molecule has 0 aliphatic heterocycles. The van der Waals surface area contributed by atoms with Gasteiger partial charge in [0.2, 0.25) is 0 Å². The van der Waals surface area contributed by atoms with E-state index >= 15 is 0 Å². The van der Waals surface area contributed by atoms with Crippen molar-refractivity contribution in [2.75, 3.05) is 0 Å². The fourth-order valence-electron chi connectivity index (χ4n) is 2.78. The van der Waals surface area contributed by atoms with Crippen LogP contribution in [0, 0.1) is 6.92 Å². The molecule has 0 heterocycles. The third kappa shape index (κ3) is 5.66. The van der Waals surface area contributed by atoms with Gasteiger partial charge in [-0.15, -0.1) is 0 Å². The Bertz CT molecular complexity index is 1180. The summed E-state index contributed by atoms with van der Waals surface area (Å²) in [4.78, 5) is 47.9. The Kier molecular flexibility index (Phi) is 6.80. The zero-order valence-electron chi connectivity index (χ0n) is 17.7. The predicted molar refractivity (Wildman–Crippen MR) is 115 cm³/mol. The normalized spacial score (nSPS) is 10.2. The summed E-state index contributed by atoms with van der Waals surface area (Å²) in [5.41, 5.74) is 1.66. The molecule has 0 aromatic heterocycles. The minimum atomic E-state index is -0.703. The Morgan fingerprint density at radius 1 is 0.625 bits per heavy atom. The number of Topliss-reactive ketones (excluding diaryl/α,β-unsaturated/α-hetero) is 1. The van der Waals surface area contributed by atoms with Crippen molar-refractivity contribution in [2.45, 2.75) is 20.8 Å². The first-order chi connectivity index (χ1) is 15.2. The van der Waals surface area contributed by atoms with Crippen molar-refractivity contribution in [3.8, 4) is 17.2 Å². The molecule has 0 spiro atoms. The number of benzene rings is 3. The summed E-state index contributed by atoms with van der Waals surface area (Å²) in [6, 6.07) is 16.8. The van der Waals surface area contributed by atoms with E-state index in [1.54, 1.807) is 24.3 Å². The Hall–Kier alpha value is -4.26. The molecule has 162 valence electrons. The number of hydrogen-bond acceptors (Lipinski definition) is 7. The van der Waals surface area contributed by atoms with Crippen LogP contribution in [0.1, 0.15) is 50.5 Å². The third-order valence-electron chi connectivity index (χ3n) is 4.38. The van der Waals surface area contributed by atoms with Gasteiger partial charge in [0.25, 0.3) is 0 Å². The molecule has 0 N–H and O–H groups in total. The van der Waals surface area contributed by atoms with Crippen LogP contribution in [0.4, 0.5) is 0 Å². The Morgan fingerprint density at radius 2 is 1.16 bits per heavy atom. The molecule has 3 rings (SSSR count). The number of carbonyl (C=O) groups excluding carboxylic acids is 4. The van der Waals surface area contributed by atoms with Crippen LogP contribution in [-0.2, 0) is 4.79 Å². The summed E-state index contributed by atoms with van der Waals surface area (Å²) in [7, 11) is 0. The highest BCUT2D eigenvalue weighted by molar-refractivity contribution is 6.00. The van der Waals surface area contributed by atoms with E-state index in [2.05, 4.69) is 0 Å². The highest BCUT2D eigenvalue weighted by Crippen LogP contribution is 2.27. The molecule has 0 saturated heterocycles. The molecule has 32 heavy (non-hydrogen) atoms. The van der Waals surface area contributed by atoms with Crippen LogP contribution >= 0.6 is 0 Å². The molecule has 0 radical (unpaired) electrons. The lowest BCUT2D eigenvalue weighted by molar-refractivity contribution is -0.131. The Labute approximate surface area is 184 Å². The van der Waals surface area contributed by atoms with Gasteiger partial charge in [-0.25, -0.2) is 9.59 Å². The zero-order chi connectivity index (χ0) is 23.3. The number of esters is 3. The van der Waals surface area contributed by atoms with Gasteiger partial charge in [0.1, 0.15) is 17.2 Å². The summed E-state index contributed by atoms with van der Waals surface area (Å²) in [5.74, 6) is -1.66. The van der Waals surface area contributed by atoms with E-state index in [1.807, 2.05) is 6.92 Å². The maximum absolute atomic E-state index is 12.5. The van der Waals surface area contributed by atoms with Crippen LogP contribution in [-0.4, -0.2) is 23.7 Å². The monoisotopic (exact) mass is 432 g/mol.